The monoisotopic (exact) mass is 447 g/mol. The molecule has 0 radical (unpaired) electrons. The normalized spacial score (nSPS) is 17.3. The second-order valence-corrected chi connectivity index (χ2v) is 9.24. The van der Waals surface area contributed by atoms with Crippen LogP contribution >= 0.6 is 15.9 Å². The largest absolute Gasteiger partial charge is 0.379 e. The highest BCUT2D eigenvalue weighted by atomic mass is 79.9. The van der Waals surface area contributed by atoms with Gasteiger partial charge in [0.2, 0.25) is 10.0 Å². The number of primary sulfonamides is 1. The number of hydrogen-bond acceptors (Lipinski definition) is 5. The van der Waals surface area contributed by atoms with Gasteiger partial charge in [-0.2, -0.15) is 0 Å². The third-order valence-electron chi connectivity index (χ3n) is 4.31. The number of ether oxygens (including phenoxy) is 1. The summed E-state index contributed by atoms with van der Waals surface area (Å²) in [5.41, 5.74) is 0.252. The fraction of sp³-hybridized carbons (Fsp3) is 0.588. The Kier molecular flexibility index (Phi) is 7.60. The van der Waals surface area contributed by atoms with Gasteiger partial charge in [-0.3, -0.25) is 9.69 Å². The number of amides is 1. The van der Waals surface area contributed by atoms with E-state index in [9.17, 15) is 13.2 Å². The summed E-state index contributed by atoms with van der Waals surface area (Å²) in [4.78, 5) is 14.8. The highest BCUT2D eigenvalue weighted by Crippen LogP contribution is 2.21. The Labute approximate surface area is 163 Å². The van der Waals surface area contributed by atoms with Gasteiger partial charge in [-0.05, 0) is 46.5 Å². The van der Waals surface area contributed by atoms with E-state index in [-0.39, 0.29) is 22.4 Å². The minimum Gasteiger partial charge on any atom is -0.379 e. The van der Waals surface area contributed by atoms with Crippen LogP contribution in [0.4, 0.5) is 0 Å². The SMILES string of the molecule is CC(C)C[C@@H](CNC(=O)c1cc(S(N)(=O)=O)ccc1Br)N1CCOCC1. The van der Waals surface area contributed by atoms with E-state index < -0.39 is 10.0 Å². The molecule has 1 aliphatic heterocycles. The number of benzene rings is 1. The lowest BCUT2D eigenvalue weighted by Gasteiger charge is -2.35. The maximum absolute atomic E-state index is 12.6. The van der Waals surface area contributed by atoms with E-state index in [0.29, 0.717) is 30.1 Å². The Morgan fingerprint density at radius 2 is 2.00 bits per heavy atom. The summed E-state index contributed by atoms with van der Waals surface area (Å²) in [6.07, 6.45) is 0.957. The first-order chi connectivity index (χ1) is 12.2. The van der Waals surface area contributed by atoms with Crippen LogP contribution in [0.15, 0.2) is 27.6 Å². The number of nitrogens with one attached hydrogen (secondary N) is 1. The molecule has 0 saturated carbocycles. The second-order valence-electron chi connectivity index (χ2n) is 6.83. The van der Waals surface area contributed by atoms with Crippen LogP contribution in [0.3, 0.4) is 0 Å². The molecule has 1 aromatic rings. The molecular formula is C17H26BrN3O4S. The van der Waals surface area contributed by atoms with Crippen LogP contribution < -0.4 is 10.5 Å². The van der Waals surface area contributed by atoms with Crippen LogP contribution in [0, 0.1) is 5.92 Å². The molecule has 3 N–H and O–H groups in total. The Morgan fingerprint density at radius 3 is 2.58 bits per heavy atom. The van der Waals surface area contributed by atoms with Gasteiger partial charge in [-0.25, -0.2) is 13.6 Å². The molecule has 0 unspecified atom stereocenters. The number of morpholine rings is 1. The first-order valence-corrected chi connectivity index (χ1v) is 10.9. The highest BCUT2D eigenvalue weighted by molar-refractivity contribution is 9.10. The molecule has 7 nitrogen and oxygen atoms in total. The zero-order chi connectivity index (χ0) is 19.3. The van der Waals surface area contributed by atoms with E-state index in [1.165, 1.54) is 18.2 Å². The summed E-state index contributed by atoms with van der Waals surface area (Å²) >= 11 is 3.30. The van der Waals surface area contributed by atoms with Crippen molar-refractivity contribution in [1.82, 2.24) is 10.2 Å². The predicted octanol–water partition coefficient (Wildman–Crippen LogP) is 1.57. The Balaban J connectivity index is 2.09. The molecule has 1 heterocycles. The van der Waals surface area contributed by atoms with Crippen molar-refractivity contribution in [3.05, 3.63) is 28.2 Å². The third kappa shape index (κ3) is 6.02. The molecule has 1 aliphatic rings. The van der Waals surface area contributed by atoms with Gasteiger partial charge in [-0.15, -0.1) is 0 Å². The zero-order valence-electron chi connectivity index (χ0n) is 15.1. The molecule has 0 bridgehead atoms. The van der Waals surface area contributed by atoms with Gasteiger partial charge in [-0.1, -0.05) is 13.8 Å². The lowest BCUT2D eigenvalue weighted by molar-refractivity contribution is 0.0124. The van der Waals surface area contributed by atoms with Crippen LogP contribution in [0.2, 0.25) is 0 Å². The lowest BCUT2D eigenvalue weighted by atomic mass is 10.0. The number of halogens is 1. The quantitative estimate of drug-likeness (QED) is 0.660. The predicted molar refractivity (Wildman–Crippen MR) is 103 cm³/mol. The van der Waals surface area contributed by atoms with E-state index >= 15 is 0 Å². The summed E-state index contributed by atoms with van der Waals surface area (Å²) in [6, 6.07) is 4.39. The number of carbonyl (C=O) groups is 1. The molecule has 1 saturated heterocycles. The molecule has 26 heavy (non-hydrogen) atoms. The number of nitrogens with two attached hydrogens (primary N) is 1. The van der Waals surface area contributed by atoms with E-state index in [1.54, 1.807) is 0 Å². The Bertz CT molecular complexity index is 734. The van der Waals surface area contributed by atoms with E-state index in [0.717, 1.165) is 19.5 Å². The number of nitrogens with zero attached hydrogens (tertiary/aromatic N) is 1. The minimum atomic E-state index is -3.86. The molecule has 0 aliphatic carbocycles. The molecule has 1 atom stereocenters. The van der Waals surface area contributed by atoms with Crippen LogP contribution in [0.1, 0.15) is 30.6 Å². The molecule has 0 spiro atoms. The van der Waals surface area contributed by atoms with Crippen molar-refractivity contribution in [3.63, 3.8) is 0 Å². The molecule has 2 rings (SSSR count). The van der Waals surface area contributed by atoms with Gasteiger partial charge in [0.25, 0.3) is 5.91 Å². The molecule has 1 aromatic carbocycles. The first-order valence-electron chi connectivity index (χ1n) is 8.61. The number of rotatable bonds is 7. The van der Waals surface area contributed by atoms with Crippen LogP contribution in [0.5, 0.6) is 0 Å². The summed E-state index contributed by atoms with van der Waals surface area (Å²) in [5, 5.41) is 8.09. The van der Waals surface area contributed by atoms with Crippen LogP contribution in [-0.2, 0) is 14.8 Å². The molecule has 146 valence electrons. The van der Waals surface area contributed by atoms with Gasteiger partial charge in [0.05, 0.1) is 23.7 Å². The van der Waals surface area contributed by atoms with Crippen LogP contribution in [-0.4, -0.2) is 58.1 Å². The third-order valence-corrected chi connectivity index (χ3v) is 5.92. The second kappa shape index (κ2) is 9.27. The smallest absolute Gasteiger partial charge is 0.252 e. The first kappa shape index (κ1) is 21.3. The maximum atomic E-state index is 12.6. The van der Waals surface area contributed by atoms with Crippen molar-refractivity contribution >= 4 is 31.9 Å². The molecule has 1 amide bonds. The number of hydrogen-bond donors (Lipinski definition) is 2. The van der Waals surface area contributed by atoms with Crippen molar-refractivity contribution in [1.29, 1.82) is 0 Å². The zero-order valence-corrected chi connectivity index (χ0v) is 17.5. The lowest BCUT2D eigenvalue weighted by Crippen LogP contribution is -2.49. The molecule has 1 fully saturated rings. The fourth-order valence-electron chi connectivity index (χ4n) is 3.01. The van der Waals surface area contributed by atoms with E-state index in [1.807, 2.05) is 0 Å². The average Bonchev–Trinajstić information content (AvgIpc) is 2.58. The maximum Gasteiger partial charge on any atom is 0.252 e. The summed E-state index contributed by atoms with van der Waals surface area (Å²) < 4.78 is 29.0. The average molecular weight is 448 g/mol. The van der Waals surface area contributed by atoms with Crippen molar-refractivity contribution in [2.75, 3.05) is 32.8 Å². The fourth-order valence-corrected chi connectivity index (χ4v) is 3.98. The van der Waals surface area contributed by atoms with Gasteiger partial charge in [0, 0.05) is 30.1 Å². The Morgan fingerprint density at radius 1 is 1.35 bits per heavy atom. The van der Waals surface area contributed by atoms with Gasteiger partial charge in [0.15, 0.2) is 0 Å². The topological polar surface area (TPSA) is 102 Å². The van der Waals surface area contributed by atoms with Gasteiger partial charge in [0.1, 0.15) is 0 Å². The molecule has 9 heteroatoms. The minimum absolute atomic E-state index is 0.0854. The van der Waals surface area contributed by atoms with E-state index in [4.69, 9.17) is 9.88 Å². The van der Waals surface area contributed by atoms with Gasteiger partial charge < -0.3 is 10.1 Å². The highest BCUT2D eigenvalue weighted by Gasteiger charge is 2.23. The van der Waals surface area contributed by atoms with E-state index in [2.05, 4.69) is 40.0 Å². The number of sulfonamides is 1. The molecular weight excluding hydrogens is 422 g/mol. The van der Waals surface area contributed by atoms with Gasteiger partial charge >= 0.3 is 0 Å². The van der Waals surface area contributed by atoms with Crippen molar-refractivity contribution in [2.24, 2.45) is 11.1 Å². The van der Waals surface area contributed by atoms with Crippen molar-refractivity contribution in [2.45, 2.75) is 31.2 Å². The summed E-state index contributed by atoms with van der Waals surface area (Å²) in [5.74, 6) is 0.168. The van der Waals surface area contributed by atoms with Crippen LogP contribution in [0.25, 0.3) is 0 Å². The van der Waals surface area contributed by atoms with Crippen molar-refractivity contribution in [3.8, 4) is 0 Å². The molecule has 0 aromatic heterocycles. The summed E-state index contributed by atoms with van der Waals surface area (Å²) in [7, 11) is -3.86. The van der Waals surface area contributed by atoms with Crippen molar-refractivity contribution < 1.29 is 17.9 Å². The number of carbonyl (C=O) groups excluding carboxylic acids is 1. The summed E-state index contributed by atoms with van der Waals surface area (Å²) in [6.45, 7) is 7.89. The standard InChI is InChI=1S/C17H26BrN3O4S/c1-12(2)9-13(21-5-7-25-8-6-21)11-20-17(22)15-10-14(26(19,23)24)3-4-16(15)18/h3-4,10,12-13H,5-9,11H2,1-2H3,(H,20,22)(H2,19,23,24)/t13-/m0/s1. The Hall–Kier alpha value is -1.00.